The molecule has 0 N–H and O–H groups in total. The van der Waals surface area contributed by atoms with Crippen molar-refractivity contribution in [3.05, 3.63) is 0 Å². The summed E-state index contributed by atoms with van der Waals surface area (Å²) in [5.41, 5.74) is 0. The summed E-state index contributed by atoms with van der Waals surface area (Å²) >= 11 is 0. The molecule has 0 saturated carbocycles. The van der Waals surface area contributed by atoms with Crippen LogP contribution in [0.1, 0.15) is 439 Å². The van der Waals surface area contributed by atoms with Crippen molar-refractivity contribution in [3.63, 3.8) is 0 Å². The summed E-state index contributed by atoms with van der Waals surface area (Å²) in [6, 6.07) is 0. The van der Waals surface area contributed by atoms with Gasteiger partial charge in [0.2, 0.25) is 0 Å². The zero-order valence-corrected chi connectivity index (χ0v) is 59.3. The number of hydrogen-bond acceptors (Lipinski definition) is 8. The first-order chi connectivity index (χ1) is 40.2. The SMILES string of the molecule is CCCCCCCCCCCCCCCCCCOP(=O)([O-])OCCCCCCCCCCCCCCCCCC.CCCCCCCCCCCCCCCCCCOP(=O)([O-])OCCCCCCCCCCCCCCCCCC.[Ni+2]. The van der Waals surface area contributed by atoms with Crippen molar-refractivity contribution in [1.82, 2.24) is 0 Å². The van der Waals surface area contributed by atoms with Crippen molar-refractivity contribution in [2.24, 2.45) is 0 Å². The maximum absolute atomic E-state index is 11.9. The Morgan fingerprint density at radius 2 is 0.265 bits per heavy atom. The summed E-state index contributed by atoms with van der Waals surface area (Å²) in [7, 11) is -8.24. The van der Waals surface area contributed by atoms with Gasteiger partial charge in [0, 0.05) is 0 Å². The van der Waals surface area contributed by atoms with Crippen molar-refractivity contribution in [2.75, 3.05) is 26.4 Å². The summed E-state index contributed by atoms with van der Waals surface area (Å²) < 4.78 is 44.1. The molecule has 11 heteroatoms. The Morgan fingerprint density at radius 1 is 0.181 bits per heavy atom. The molecule has 0 aromatic carbocycles. The molecule has 0 aromatic heterocycles. The molecule has 0 unspecified atom stereocenters. The average molecular weight is 1260 g/mol. The third-order valence-corrected chi connectivity index (χ3v) is 19.0. The van der Waals surface area contributed by atoms with Crippen LogP contribution in [0.15, 0.2) is 0 Å². The van der Waals surface area contributed by atoms with E-state index < -0.39 is 15.6 Å². The Bertz CT molecular complexity index is 1070. The van der Waals surface area contributed by atoms with Gasteiger partial charge in [-0.25, -0.2) is 0 Å². The molecule has 0 aromatic rings. The largest absolute Gasteiger partial charge is 2.00 e. The fraction of sp³-hybridized carbons (Fsp3) is 1.00. The van der Waals surface area contributed by atoms with E-state index in [1.54, 1.807) is 0 Å². The molecule has 0 fully saturated rings. The minimum Gasteiger partial charge on any atom is -0.756 e. The molecular weight excluding hydrogens is 1110 g/mol. The fourth-order valence-electron chi connectivity index (χ4n) is 11.4. The molecule has 0 atom stereocenters. The van der Waals surface area contributed by atoms with Crippen LogP contribution in [0.5, 0.6) is 0 Å². The van der Waals surface area contributed by atoms with Crippen molar-refractivity contribution < 1.29 is 53.5 Å². The van der Waals surface area contributed by atoms with Crippen molar-refractivity contribution in [1.29, 1.82) is 0 Å². The number of phosphoric acid groups is 2. The predicted molar refractivity (Wildman–Crippen MR) is 357 cm³/mol. The van der Waals surface area contributed by atoms with Crippen molar-refractivity contribution in [2.45, 2.75) is 439 Å². The first kappa shape index (κ1) is 87.9. The van der Waals surface area contributed by atoms with Crippen LogP contribution in [0.3, 0.4) is 0 Å². The summed E-state index contributed by atoms with van der Waals surface area (Å²) in [4.78, 5) is 23.9. The van der Waals surface area contributed by atoms with Crippen LogP contribution in [0.25, 0.3) is 0 Å². The monoisotopic (exact) mass is 1260 g/mol. The molecule has 0 bridgehead atoms. The Hall–Kier alpha value is 0.714. The van der Waals surface area contributed by atoms with E-state index in [0.29, 0.717) is 0 Å². The standard InChI is InChI=1S/2C36H75O4P.Ni/c2*1-3-5-7-9-11-13-15-17-19-21-23-25-27-29-31-33-35-39-41(37,38)40-36-34-32-30-28-26-24-22-20-18-16-14-12-10-8-6-4-2;/h2*3-36H2,1-2H3,(H,37,38);/q;;+2/p-2. The van der Waals surface area contributed by atoms with Gasteiger partial charge >= 0.3 is 16.5 Å². The van der Waals surface area contributed by atoms with E-state index >= 15 is 0 Å². The quantitative estimate of drug-likeness (QED) is 0.0336. The average Bonchev–Trinajstić information content (AvgIpc) is 3.46. The van der Waals surface area contributed by atoms with Crippen LogP contribution in [0, 0.1) is 0 Å². The van der Waals surface area contributed by atoms with Crippen LogP contribution < -0.4 is 9.79 Å². The maximum Gasteiger partial charge on any atom is 2.00 e. The first-order valence-corrected chi connectivity index (χ1v) is 40.4. The summed E-state index contributed by atoms with van der Waals surface area (Å²) in [5, 5.41) is 0. The smallest absolute Gasteiger partial charge is 0.756 e. The zero-order valence-electron chi connectivity index (χ0n) is 56.6. The van der Waals surface area contributed by atoms with E-state index in [0.717, 1.165) is 51.4 Å². The van der Waals surface area contributed by atoms with Gasteiger partial charge < -0.3 is 27.9 Å². The van der Waals surface area contributed by atoms with Crippen LogP contribution >= 0.6 is 15.6 Å². The molecule has 83 heavy (non-hydrogen) atoms. The fourth-order valence-corrected chi connectivity index (χ4v) is 12.9. The molecule has 0 aliphatic rings. The first-order valence-electron chi connectivity index (χ1n) is 37.4. The number of unbranched alkanes of at least 4 members (excludes halogenated alkanes) is 60. The molecule has 504 valence electrons. The van der Waals surface area contributed by atoms with Crippen LogP contribution in [-0.2, 0) is 43.7 Å². The molecule has 0 aliphatic heterocycles. The molecule has 0 heterocycles. The number of phosphoric ester groups is 2. The topological polar surface area (TPSA) is 117 Å². The van der Waals surface area contributed by atoms with E-state index in [9.17, 15) is 18.9 Å². The van der Waals surface area contributed by atoms with Crippen molar-refractivity contribution in [3.8, 4) is 0 Å². The van der Waals surface area contributed by atoms with Gasteiger partial charge in [-0.15, -0.1) is 0 Å². The molecule has 0 spiro atoms. The van der Waals surface area contributed by atoms with Gasteiger partial charge in [-0.05, 0) is 25.7 Å². The predicted octanol–water partition coefficient (Wildman–Crippen LogP) is 26.0. The van der Waals surface area contributed by atoms with E-state index in [4.69, 9.17) is 18.1 Å². The van der Waals surface area contributed by atoms with E-state index in [1.165, 1.54) is 360 Å². The van der Waals surface area contributed by atoms with Crippen LogP contribution in [-0.4, -0.2) is 26.4 Å². The summed E-state index contributed by atoms with van der Waals surface area (Å²) in [5.74, 6) is 0. The molecule has 0 saturated heterocycles. The van der Waals surface area contributed by atoms with Gasteiger partial charge in [0.1, 0.15) is 0 Å². The second kappa shape index (κ2) is 77.0. The summed E-state index contributed by atoms with van der Waals surface area (Å²) in [6.45, 7) is 10.2. The maximum atomic E-state index is 11.9. The third-order valence-electron chi connectivity index (χ3n) is 17.0. The molecule has 8 nitrogen and oxygen atoms in total. The van der Waals surface area contributed by atoms with Gasteiger partial charge in [0.05, 0.1) is 26.4 Å². The van der Waals surface area contributed by atoms with Crippen LogP contribution in [0.4, 0.5) is 0 Å². The van der Waals surface area contributed by atoms with E-state index in [1.807, 2.05) is 0 Å². The Labute approximate surface area is 531 Å². The van der Waals surface area contributed by atoms with E-state index in [2.05, 4.69) is 27.7 Å². The molecule has 0 rings (SSSR count). The Balaban J connectivity index is -0.00000152. The Kier molecular flexibility index (Phi) is 81.5. The van der Waals surface area contributed by atoms with Gasteiger partial charge in [-0.3, -0.25) is 9.13 Å². The van der Waals surface area contributed by atoms with Gasteiger partial charge in [0.15, 0.2) is 0 Å². The normalized spacial score (nSPS) is 11.8. The molecule has 0 aliphatic carbocycles. The van der Waals surface area contributed by atoms with Crippen molar-refractivity contribution >= 4 is 15.6 Å². The number of hydrogen-bond donors (Lipinski definition) is 0. The van der Waals surface area contributed by atoms with Gasteiger partial charge in [0.25, 0.3) is 15.6 Å². The summed E-state index contributed by atoms with van der Waals surface area (Å²) in [6.07, 6.45) is 83.7. The minimum atomic E-state index is -4.12. The Morgan fingerprint density at radius 3 is 0.361 bits per heavy atom. The van der Waals surface area contributed by atoms with Gasteiger partial charge in [-0.1, -0.05) is 413 Å². The minimum absolute atomic E-state index is 0. The van der Waals surface area contributed by atoms with Crippen LogP contribution in [0.2, 0.25) is 0 Å². The van der Waals surface area contributed by atoms with E-state index in [-0.39, 0.29) is 42.9 Å². The second-order valence-electron chi connectivity index (χ2n) is 25.4. The van der Waals surface area contributed by atoms with Gasteiger partial charge in [-0.2, -0.15) is 0 Å². The molecular formula is C72H148NiO8P2. The number of rotatable bonds is 72. The molecule has 0 radical (unpaired) electrons. The second-order valence-corrected chi connectivity index (χ2v) is 28.3. The third kappa shape index (κ3) is 82.7. The zero-order chi connectivity index (χ0) is 59.9. The molecule has 0 amide bonds.